The van der Waals surface area contributed by atoms with E-state index in [2.05, 4.69) is 199 Å². The van der Waals surface area contributed by atoms with Gasteiger partial charge in [-0.15, -0.1) is 0 Å². The summed E-state index contributed by atoms with van der Waals surface area (Å²) in [5.41, 5.74) is 18.9. The lowest BCUT2D eigenvalue weighted by atomic mass is 9.67. The monoisotopic (exact) mass is 729 g/mol. The maximum Gasteiger partial charge on any atom is 0.126 e. The maximum absolute atomic E-state index is 5.06. The van der Waals surface area contributed by atoms with Gasteiger partial charge in [-0.1, -0.05) is 152 Å². The first kappa shape index (κ1) is 34.3. The zero-order valence-electron chi connectivity index (χ0n) is 31.9. The Morgan fingerprint density at radius 1 is 0.351 bits per heavy atom. The van der Waals surface area contributed by atoms with Crippen LogP contribution in [0.5, 0.6) is 0 Å². The summed E-state index contributed by atoms with van der Waals surface area (Å²) in [4.78, 5) is 14.4. The molecule has 0 aliphatic heterocycles. The molecule has 2 heterocycles. The van der Waals surface area contributed by atoms with Gasteiger partial charge >= 0.3 is 0 Å². The van der Waals surface area contributed by atoms with Crippen LogP contribution in [-0.2, 0) is 5.41 Å². The van der Waals surface area contributed by atoms with Gasteiger partial charge in [0.15, 0.2) is 0 Å². The Kier molecular flexibility index (Phi) is 8.49. The van der Waals surface area contributed by atoms with Crippen LogP contribution in [-0.4, -0.2) is 15.0 Å². The minimum absolute atomic E-state index is 0.575. The molecule has 3 nitrogen and oxygen atoms in total. The van der Waals surface area contributed by atoms with Gasteiger partial charge in [0.2, 0.25) is 0 Å². The van der Waals surface area contributed by atoms with Crippen LogP contribution in [0.2, 0.25) is 0 Å². The van der Waals surface area contributed by atoms with Gasteiger partial charge in [0.1, 0.15) is 5.82 Å². The average Bonchev–Trinajstić information content (AvgIpc) is 3.57. The fourth-order valence-electron chi connectivity index (χ4n) is 8.80. The molecule has 57 heavy (non-hydrogen) atoms. The first-order valence-corrected chi connectivity index (χ1v) is 19.5. The van der Waals surface area contributed by atoms with Gasteiger partial charge in [-0.05, 0) is 123 Å². The van der Waals surface area contributed by atoms with E-state index in [4.69, 9.17) is 9.97 Å². The number of hydrogen-bond donors (Lipinski definition) is 0. The van der Waals surface area contributed by atoms with Crippen LogP contribution >= 0.6 is 0 Å². The molecule has 0 N–H and O–H groups in total. The van der Waals surface area contributed by atoms with E-state index in [1.807, 2.05) is 20.0 Å². The van der Waals surface area contributed by atoms with Crippen LogP contribution < -0.4 is 0 Å². The minimum atomic E-state index is -0.575. The van der Waals surface area contributed by atoms with Crippen LogP contribution in [0.4, 0.5) is 0 Å². The second-order valence-corrected chi connectivity index (χ2v) is 14.9. The summed E-state index contributed by atoms with van der Waals surface area (Å²) in [7, 11) is 0. The van der Waals surface area contributed by atoms with Gasteiger partial charge < -0.3 is 0 Å². The molecule has 1 atom stereocenters. The summed E-state index contributed by atoms with van der Waals surface area (Å²) in [5.74, 6) is 0.738. The van der Waals surface area contributed by atoms with E-state index in [-0.39, 0.29) is 0 Å². The van der Waals surface area contributed by atoms with E-state index in [1.165, 1.54) is 61.2 Å². The SMILES string of the molecule is Cc1cc(-c2cccc(-c3cccc(C4(c5ccccc5)c5ccccc5-c5ccc(-c6cc(-c7cccc(-c8ccccc8)c7)nc(C)n6)cc54)c3)c2)ccn1. The molecule has 270 valence electrons. The van der Waals surface area contributed by atoms with Gasteiger partial charge in [-0.2, -0.15) is 0 Å². The van der Waals surface area contributed by atoms with E-state index in [0.29, 0.717) is 0 Å². The fraction of sp³-hybridized carbons (Fsp3) is 0.0556. The van der Waals surface area contributed by atoms with Crippen molar-refractivity contribution in [1.29, 1.82) is 0 Å². The second-order valence-electron chi connectivity index (χ2n) is 14.9. The van der Waals surface area contributed by atoms with Crippen molar-refractivity contribution in [3.63, 3.8) is 0 Å². The van der Waals surface area contributed by atoms with Crippen LogP contribution in [0.3, 0.4) is 0 Å². The van der Waals surface area contributed by atoms with Gasteiger partial charge in [0.25, 0.3) is 0 Å². The molecule has 0 saturated heterocycles. The average molecular weight is 730 g/mol. The molecule has 0 amide bonds. The lowest BCUT2D eigenvalue weighted by Crippen LogP contribution is -2.28. The van der Waals surface area contributed by atoms with E-state index < -0.39 is 5.41 Å². The van der Waals surface area contributed by atoms with Crippen LogP contribution in [0, 0.1) is 13.8 Å². The summed E-state index contributed by atoms with van der Waals surface area (Å²) >= 11 is 0. The van der Waals surface area contributed by atoms with E-state index in [9.17, 15) is 0 Å². The summed E-state index contributed by atoms with van der Waals surface area (Å²) in [6, 6.07) is 70.3. The first-order valence-electron chi connectivity index (χ1n) is 19.5. The van der Waals surface area contributed by atoms with Gasteiger partial charge in [-0.3, -0.25) is 4.98 Å². The smallest absolute Gasteiger partial charge is 0.126 e. The van der Waals surface area contributed by atoms with Crippen molar-refractivity contribution in [2.75, 3.05) is 0 Å². The lowest BCUT2D eigenvalue weighted by Gasteiger charge is -2.34. The summed E-state index contributed by atoms with van der Waals surface area (Å²) in [6.45, 7) is 4.03. The minimum Gasteiger partial charge on any atom is -0.262 e. The van der Waals surface area contributed by atoms with Crippen LogP contribution in [0.25, 0.3) is 67.0 Å². The summed E-state index contributed by atoms with van der Waals surface area (Å²) in [6.07, 6.45) is 1.89. The third-order valence-electron chi connectivity index (χ3n) is 11.4. The Hall–Kier alpha value is -7.23. The molecule has 1 aliphatic rings. The van der Waals surface area contributed by atoms with E-state index >= 15 is 0 Å². The summed E-state index contributed by atoms with van der Waals surface area (Å²) in [5, 5.41) is 0. The third kappa shape index (κ3) is 6.05. The van der Waals surface area contributed by atoms with Crippen LogP contribution in [0.15, 0.2) is 200 Å². The quantitative estimate of drug-likeness (QED) is 0.164. The van der Waals surface area contributed by atoms with E-state index in [1.54, 1.807) is 0 Å². The Morgan fingerprint density at radius 2 is 0.877 bits per heavy atom. The predicted octanol–water partition coefficient (Wildman–Crippen LogP) is 13.2. The molecule has 0 spiro atoms. The highest BCUT2D eigenvalue weighted by Gasteiger charge is 2.46. The normalized spacial score (nSPS) is 14.2. The van der Waals surface area contributed by atoms with Crippen molar-refractivity contribution in [2.45, 2.75) is 19.3 Å². The van der Waals surface area contributed by atoms with Crippen molar-refractivity contribution < 1.29 is 0 Å². The van der Waals surface area contributed by atoms with Gasteiger partial charge in [0.05, 0.1) is 16.8 Å². The number of rotatable bonds is 7. The molecular weight excluding hydrogens is 691 g/mol. The van der Waals surface area contributed by atoms with E-state index in [0.717, 1.165) is 39.6 Å². The molecule has 2 aromatic heterocycles. The fourth-order valence-corrected chi connectivity index (χ4v) is 8.80. The van der Waals surface area contributed by atoms with Crippen molar-refractivity contribution in [3.8, 4) is 67.0 Å². The van der Waals surface area contributed by atoms with Crippen molar-refractivity contribution in [2.24, 2.45) is 0 Å². The zero-order valence-corrected chi connectivity index (χ0v) is 31.9. The topological polar surface area (TPSA) is 38.7 Å². The Balaban J connectivity index is 1.14. The molecule has 0 saturated carbocycles. The lowest BCUT2D eigenvalue weighted by molar-refractivity contribution is 0.769. The largest absolute Gasteiger partial charge is 0.262 e. The standard InChI is InChI=1S/C54H39N3/c1-36-30-43(28-29-55-36)41-18-11-17-40(31-41)42-19-13-23-47(33-42)54(46-21-7-4-8-22-46)50-25-10-9-24-48(50)49-27-26-45(34-51(49)54)53-35-52(56-37(2)57-53)44-20-12-16-39(32-44)38-14-5-3-6-15-38/h3-35H,1-2H3. The van der Waals surface area contributed by atoms with Crippen molar-refractivity contribution in [3.05, 3.63) is 234 Å². The number of nitrogens with zero attached hydrogens (tertiary/aromatic N) is 3. The molecule has 9 aromatic rings. The first-order chi connectivity index (χ1) is 28.0. The molecule has 10 rings (SSSR count). The highest BCUT2D eigenvalue weighted by molar-refractivity contribution is 5.89. The zero-order chi connectivity index (χ0) is 38.3. The summed E-state index contributed by atoms with van der Waals surface area (Å²) < 4.78 is 0. The predicted molar refractivity (Wildman–Crippen MR) is 234 cm³/mol. The molecule has 0 bridgehead atoms. The highest BCUT2D eigenvalue weighted by Crippen LogP contribution is 2.57. The van der Waals surface area contributed by atoms with Crippen molar-refractivity contribution >= 4 is 0 Å². The Morgan fingerprint density at radius 3 is 1.61 bits per heavy atom. The number of pyridine rings is 1. The molecule has 7 aromatic carbocycles. The third-order valence-corrected chi connectivity index (χ3v) is 11.4. The Bertz CT molecular complexity index is 2930. The molecule has 0 radical (unpaired) electrons. The number of aromatic nitrogens is 3. The number of fused-ring (bicyclic) bond motifs is 3. The highest BCUT2D eigenvalue weighted by atomic mass is 14.9. The molecular formula is C54H39N3. The molecule has 3 heteroatoms. The maximum atomic E-state index is 5.06. The molecule has 1 aliphatic carbocycles. The van der Waals surface area contributed by atoms with Gasteiger partial charge in [0, 0.05) is 23.0 Å². The van der Waals surface area contributed by atoms with Crippen LogP contribution in [0.1, 0.15) is 33.8 Å². The second kappa shape index (κ2) is 14.1. The number of hydrogen-bond acceptors (Lipinski definition) is 3. The Labute approximate surface area is 334 Å². The van der Waals surface area contributed by atoms with Crippen molar-refractivity contribution in [1.82, 2.24) is 15.0 Å². The number of benzene rings is 7. The molecule has 1 unspecified atom stereocenters. The molecule has 0 fully saturated rings. The van der Waals surface area contributed by atoms with Gasteiger partial charge in [-0.25, -0.2) is 9.97 Å². The number of aryl methyl sites for hydroxylation is 2.